The first-order valence-corrected chi connectivity index (χ1v) is 5.07. The van der Waals surface area contributed by atoms with Crippen LogP contribution in [0, 0.1) is 0 Å². The molecule has 2 heteroatoms. The van der Waals surface area contributed by atoms with Gasteiger partial charge in [-0.15, -0.1) is 0 Å². The molecule has 0 aliphatic heterocycles. The smallest absolute Gasteiger partial charge is 0.103 e. The van der Waals surface area contributed by atoms with Crippen molar-refractivity contribution in [3.8, 4) is 0 Å². The maximum Gasteiger partial charge on any atom is 0.103 e. The molecule has 74 valence electrons. The molecule has 0 saturated heterocycles. The maximum absolute atomic E-state index is 8.87. The van der Waals surface area contributed by atoms with Crippen LogP contribution >= 0.6 is 0 Å². The molecule has 0 aliphatic carbocycles. The van der Waals surface area contributed by atoms with Crippen molar-refractivity contribution in [2.45, 2.75) is 64.9 Å². The molecule has 0 unspecified atom stereocenters. The molecule has 1 N–H and O–H groups in total. The molecule has 0 bridgehead atoms. The van der Waals surface area contributed by atoms with E-state index in [1.54, 1.807) is 0 Å². The van der Waals surface area contributed by atoms with Crippen LogP contribution in [0.25, 0.3) is 0 Å². The molecule has 0 atom stereocenters. The minimum atomic E-state index is -0.252. The standard InChI is InChI=1S/C10H22O2/c1-4-7-10(12-11,8-5-2)9-6-3/h11H,4-9H2,1-3H3. The number of hydrogen-bond acceptors (Lipinski definition) is 2. The van der Waals surface area contributed by atoms with Gasteiger partial charge in [-0.2, -0.15) is 0 Å². The Bertz CT molecular complexity index is 85.0. The van der Waals surface area contributed by atoms with Crippen LogP contribution in [0.5, 0.6) is 0 Å². The predicted octanol–water partition coefficient (Wildman–Crippen LogP) is 3.62. The summed E-state index contributed by atoms with van der Waals surface area (Å²) in [7, 11) is 0. The summed E-state index contributed by atoms with van der Waals surface area (Å²) in [6.45, 7) is 6.37. The molecular formula is C10H22O2. The SMILES string of the molecule is CCCC(CCC)(CCC)OO. The molecule has 0 saturated carbocycles. The van der Waals surface area contributed by atoms with Gasteiger partial charge in [0.15, 0.2) is 0 Å². The van der Waals surface area contributed by atoms with Crippen LogP contribution in [-0.2, 0) is 4.89 Å². The van der Waals surface area contributed by atoms with E-state index in [0.29, 0.717) is 0 Å². The lowest BCUT2D eigenvalue weighted by Crippen LogP contribution is -2.31. The molecule has 0 rings (SSSR count). The Balaban J connectivity index is 4.06. The summed E-state index contributed by atoms with van der Waals surface area (Å²) < 4.78 is 0. The Hall–Kier alpha value is -0.0800. The van der Waals surface area contributed by atoms with Crippen LogP contribution in [0.4, 0.5) is 0 Å². The zero-order chi connectivity index (χ0) is 9.45. The number of hydrogen-bond donors (Lipinski definition) is 1. The lowest BCUT2D eigenvalue weighted by molar-refractivity contribution is -0.329. The Kier molecular flexibility index (Phi) is 6.39. The molecule has 12 heavy (non-hydrogen) atoms. The van der Waals surface area contributed by atoms with E-state index in [2.05, 4.69) is 25.7 Å². The molecule has 0 aromatic carbocycles. The van der Waals surface area contributed by atoms with Gasteiger partial charge in [-0.1, -0.05) is 40.0 Å². The first-order chi connectivity index (χ1) is 5.74. The molecule has 0 aromatic heterocycles. The van der Waals surface area contributed by atoms with Crippen LogP contribution < -0.4 is 0 Å². The van der Waals surface area contributed by atoms with E-state index in [4.69, 9.17) is 5.26 Å². The topological polar surface area (TPSA) is 29.5 Å². The third-order valence-corrected chi connectivity index (χ3v) is 2.31. The minimum Gasteiger partial charge on any atom is -0.251 e. The zero-order valence-corrected chi connectivity index (χ0v) is 8.60. The van der Waals surface area contributed by atoms with Gasteiger partial charge in [-0.25, -0.2) is 4.89 Å². The van der Waals surface area contributed by atoms with Gasteiger partial charge in [-0.05, 0) is 19.3 Å². The Morgan fingerprint density at radius 2 is 1.25 bits per heavy atom. The lowest BCUT2D eigenvalue weighted by atomic mass is 9.88. The highest BCUT2D eigenvalue weighted by atomic mass is 17.1. The second-order valence-corrected chi connectivity index (χ2v) is 3.52. The van der Waals surface area contributed by atoms with Crippen molar-refractivity contribution >= 4 is 0 Å². The molecule has 0 fully saturated rings. The Labute approximate surface area is 75.9 Å². The van der Waals surface area contributed by atoms with E-state index in [1.165, 1.54) is 0 Å². The molecule has 0 radical (unpaired) electrons. The molecular weight excluding hydrogens is 152 g/mol. The first kappa shape index (κ1) is 11.9. The second kappa shape index (κ2) is 6.44. The fourth-order valence-corrected chi connectivity index (χ4v) is 1.88. The third-order valence-electron chi connectivity index (χ3n) is 2.31. The summed E-state index contributed by atoms with van der Waals surface area (Å²) in [5.74, 6) is 0. The largest absolute Gasteiger partial charge is 0.251 e. The fraction of sp³-hybridized carbons (Fsp3) is 1.00. The fourth-order valence-electron chi connectivity index (χ4n) is 1.88. The van der Waals surface area contributed by atoms with Gasteiger partial charge >= 0.3 is 0 Å². The molecule has 0 heterocycles. The average Bonchev–Trinajstić information content (AvgIpc) is 2.06. The summed E-state index contributed by atoms with van der Waals surface area (Å²) in [5.41, 5.74) is -0.252. The Morgan fingerprint density at radius 3 is 1.42 bits per heavy atom. The Morgan fingerprint density at radius 1 is 0.917 bits per heavy atom. The van der Waals surface area contributed by atoms with Crippen molar-refractivity contribution in [2.24, 2.45) is 0 Å². The van der Waals surface area contributed by atoms with E-state index in [0.717, 1.165) is 38.5 Å². The van der Waals surface area contributed by atoms with Crippen molar-refractivity contribution < 1.29 is 10.1 Å². The summed E-state index contributed by atoms with van der Waals surface area (Å²) in [6.07, 6.45) is 6.10. The molecule has 2 nitrogen and oxygen atoms in total. The summed E-state index contributed by atoms with van der Waals surface area (Å²) in [5, 5.41) is 8.87. The van der Waals surface area contributed by atoms with Gasteiger partial charge in [-0.3, -0.25) is 5.26 Å². The van der Waals surface area contributed by atoms with Crippen molar-refractivity contribution in [1.29, 1.82) is 0 Å². The zero-order valence-electron chi connectivity index (χ0n) is 8.60. The average molecular weight is 174 g/mol. The normalized spacial score (nSPS) is 12.0. The number of rotatable bonds is 7. The van der Waals surface area contributed by atoms with Crippen LogP contribution in [0.15, 0.2) is 0 Å². The van der Waals surface area contributed by atoms with Crippen LogP contribution in [0.1, 0.15) is 59.3 Å². The van der Waals surface area contributed by atoms with Gasteiger partial charge in [0.2, 0.25) is 0 Å². The van der Waals surface area contributed by atoms with E-state index in [-0.39, 0.29) is 5.60 Å². The predicted molar refractivity (Wildman–Crippen MR) is 51.2 cm³/mol. The van der Waals surface area contributed by atoms with Crippen molar-refractivity contribution in [3.63, 3.8) is 0 Å². The highest BCUT2D eigenvalue weighted by Gasteiger charge is 2.28. The molecule has 0 aromatic rings. The van der Waals surface area contributed by atoms with E-state index >= 15 is 0 Å². The highest BCUT2D eigenvalue weighted by Crippen LogP contribution is 2.28. The van der Waals surface area contributed by atoms with Crippen molar-refractivity contribution in [1.82, 2.24) is 0 Å². The second-order valence-electron chi connectivity index (χ2n) is 3.52. The first-order valence-electron chi connectivity index (χ1n) is 5.07. The van der Waals surface area contributed by atoms with E-state index in [1.807, 2.05) is 0 Å². The van der Waals surface area contributed by atoms with Crippen LogP contribution in [0.3, 0.4) is 0 Å². The maximum atomic E-state index is 8.87. The minimum absolute atomic E-state index is 0.252. The van der Waals surface area contributed by atoms with E-state index in [9.17, 15) is 0 Å². The van der Waals surface area contributed by atoms with Gasteiger partial charge in [0, 0.05) is 0 Å². The monoisotopic (exact) mass is 174 g/mol. The molecule has 0 spiro atoms. The van der Waals surface area contributed by atoms with Crippen molar-refractivity contribution in [3.05, 3.63) is 0 Å². The quantitative estimate of drug-likeness (QED) is 0.472. The molecule has 0 amide bonds. The lowest BCUT2D eigenvalue weighted by Gasteiger charge is -2.29. The van der Waals surface area contributed by atoms with Gasteiger partial charge < -0.3 is 0 Å². The molecule has 0 aliphatic rings. The van der Waals surface area contributed by atoms with E-state index < -0.39 is 0 Å². The van der Waals surface area contributed by atoms with Gasteiger partial charge in [0.25, 0.3) is 0 Å². The highest BCUT2D eigenvalue weighted by molar-refractivity contribution is 4.77. The van der Waals surface area contributed by atoms with Gasteiger partial charge in [0.05, 0.1) is 0 Å². The third kappa shape index (κ3) is 3.55. The van der Waals surface area contributed by atoms with Crippen LogP contribution in [-0.4, -0.2) is 10.9 Å². The van der Waals surface area contributed by atoms with Crippen LogP contribution in [0.2, 0.25) is 0 Å². The van der Waals surface area contributed by atoms with Gasteiger partial charge in [0.1, 0.15) is 5.60 Å². The van der Waals surface area contributed by atoms with Crippen molar-refractivity contribution in [2.75, 3.05) is 0 Å². The summed E-state index contributed by atoms with van der Waals surface area (Å²) in [4.78, 5) is 4.66. The summed E-state index contributed by atoms with van der Waals surface area (Å²) in [6, 6.07) is 0. The summed E-state index contributed by atoms with van der Waals surface area (Å²) >= 11 is 0.